The van der Waals surface area contributed by atoms with Gasteiger partial charge in [-0.05, 0) is 54.1 Å². The van der Waals surface area contributed by atoms with Gasteiger partial charge in [-0.2, -0.15) is 0 Å². The fraction of sp³-hybridized carbons (Fsp3) is 0.480. The summed E-state index contributed by atoms with van der Waals surface area (Å²) >= 11 is 0. The molecular weight excluding hydrogens is 314 g/mol. The van der Waals surface area contributed by atoms with Gasteiger partial charge in [0, 0.05) is 0 Å². The van der Waals surface area contributed by atoms with Gasteiger partial charge in [0.05, 0.1) is 5.71 Å². The first-order valence-corrected chi connectivity index (χ1v) is 10.1. The van der Waals surface area contributed by atoms with Crippen molar-refractivity contribution < 1.29 is 0 Å². The van der Waals surface area contributed by atoms with E-state index in [1.54, 1.807) is 5.57 Å². The molecule has 1 aromatic rings. The highest BCUT2D eigenvalue weighted by Crippen LogP contribution is 2.64. The topological polar surface area (TPSA) is 23.9 Å². The third-order valence-corrected chi connectivity index (χ3v) is 6.59. The van der Waals surface area contributed by atoms with Crippen LogP contribution in [0.2, 0.25) is 0 Å². The molecule has 0 saturated heterocycles. The standard InChI is InChI=1S/C23H29N.C2H6/c1-16(22(24)20-11-6-5-7-12-20)14-15-19-10-8-9-13-21(19)23(4)17(2)18(23)3;1-2/h5-9,11-14,17-19,24H,10,15H2,1-4H3;1-2H3/b16-14-,24-22?;. The number of nitrogens with one attached hydrogen (secondary N) is 1. The zero-order valence-electron chi connectivity index (χ0n) is 17.3. The van der Waals surface area contributed by atoms with Gasteiger partial charge in [-0.15, -0.1) is 0 Å². The van der Waals surface area contributed by atoms with Crippen molar-refractivity contribution in [1.82, 2.24) is 0 Å². The Hall–Kier alpha value is -1.89. The lowest BCUT2D eigenvalue weighted by Gasteiger charge is -2.27. The van der Waals surface area contributed by atoms with Gasteiger partial charge < -0.3 is 5.41 Å². The van der Waals surface area contributed by atoms with Crippen LogP contribution in [0, 0.1) is 28.6 Å². The Labute approximate surface area is 160 Å². The summed E-state index contributed by atoms with van der Waals surface area (Å²) in [6.45, 7) is 13.3. The molecule has 0 heterocycles. The van der Waals surface area contributed by atoms with Crippen LogP contribution < -0.4 is 0 Å². The van der Waals surface area contributed by atoms with Gasteiger partial charge in [0.1, 0.15) is 0 Å². The Kier molecular flexibility index (Phi) is 6.81. The van der Waals surface area contributed by atoms with Crippen molar-refractivity contribution in [2.75, 3.05) is 0 Å². The zero-order valence-corrected chi connectivity index (χ0v) is 17.3. The maximum absolute atomic E-state index is 8.41. The third-order valence-electron chi connectivity index (χ3n) is 6.59. The number of allylic oxidation sites excluding steroid dienone is 6. The van der Waals surface area contributed by atoms with E-state index in [2.05, 4.69) is 52.0 Å². The van der Waals surface area contributed by atoms with Crippen LogP contribution in [-0.2, 0) is 0 Å². The molecule has 1 heteroatoms. The van der Waals surface area contributed by atoms with Crippen molar-refractivity contribution in [3.05, 3.63) is 71.3 Å². The molecule has 140 valence electrons. The number of benzene rings is 1. The van der Waals surface area contributed by atoms with E-state index in [9.17, 15) is 0 Å². The van der Waals surface area contributed by atoms with E-state index in [0.717, 1.165) is 35.8 Å². The van der Waals surface area contributed by atoms with Crippen LogP contribution in [0.4, 0.5) is 0 Å². The van der Waals surface area contributed by atoms with Crippen molar-refractivity contribution in [1.29, 1.82) is 5.41 Å². The number of hydrogen-bond acceptors (Lipinski definition) is 1. The quantitative estimate of drug-likeness (QED) is 0.543. The zero-order chi connectivity index (χ0) is 19.3. The summed E-state index contributed by atoms with van der Waals surface area (Å²) in [6, 6.07) is 10.0. The predicted octanol–water partition coefficient (Wildman–Crippen LogP) is 7.21. The summed E-state index contributed by atoms with van der Waals surface area (Å²) in [5, 5.41) is 8.41. The van der Waals surface area contributed by atoms with E-state index >= 15 is 0 Å². The highest BCUT2D eigenvalue weighted by Gasteiger charge is 2.58. The summed E-state index contributed by atoms with van der Waals surface area (Å²) in [4.78, 5) is 0. The molecular formula is C25H35N. The highest BCUT2D eigenvalue weighted by molar-refractivity contribution is 6.10. The summed E-state index contributed by atoms with van der Waals surface area (Å²) in [7, 11) is 0. The molecule has 0 spiro atoms. The molecule has 3 atom stereocenters. The first kappa shape index (κ1) is 20.4. The summed E-state index contributed by atoms with van der Waals surface area (Å²) < 4.78 is 0. The molecule has 3 rings (SSSR count). The average Bonchev–Trinajstić information content (AvgIpc) is 3.19. The van der Waals surface area contributed by atoms with E-state index in [0.29, 0.717) is 17.0 Å². The van der Waals surface area contributed by atoms with Crippen molar-refractivity contribution in [2.24, 2.45) is 23.2 Å². The Morgan fingerprint density at radius 2 is 1.77 bits per heavy atom. The van der Waals surface area contributed by atoms with Gasteiger partial charge in [0.15, 0.2) is 0 Å². The minimum atomic E-state index is 0.379. The van der Waals surface area contributed by atoms with Crippen LogP contribution in [0.3, 0.4) is 0 Å². The molecule has 0 aromatic heterocycles. The van der Waals surface area contributed by atoms with Crippen molar-refractivity contribution in [3.63, 3.8) is 0 Å². The molecule has 26 heavy (non-hydrogen) atoms. The van der Waals surface area contributed by atoms with Gasteiger partial charge in [-0.25, -0.2) is 0 Å². The summed E-state index contributed by atoms with van der Waals surface area (Å²) in [6.07, 6.45) is 11.3. The molecule has 0 radical (unpaired) electrons. The normalized spacial score (nSPS) is 30.2. The van der Waals surface area contributed by atoms with Crippen LogP contribution in [0.5, 0.6) is 0 Å². The van der Waals surface area contributed by atoms with Crippen LogP contribution in [0.1, 0.15) is 59.9 Å². The molecule has 1 nitrogen and oxygen atoms in total. The van der Waals surface area contributed by atoms with E-state index in [-0.39, 0.29) is 0 Å². The lowest BCUT2D eigenvalue weighted by molar-refractivity contribution is 0.474. The van der Waals surface area contributed by atoms with Gasteiger partial charge in [-0.1, -0.05) is 94.8 Å². The van der Waals surface area contributed by atoms with Crippen LogP contribution in [0.25, 0.3) is 0 Å². The predicted molar refractivity (Wildman–Crippen MR) is 115 cm³/mol. The minimum absolute atomic E-state index is 0.379. The Balaban J connectivity index is 0.00000117. The Bertz CT molecular complexity index is 697. The molecule has 0 bridgehead atoms. The molecule has 1 fully saturated rings. The van der Waals surface area contributed by atoms with Crippen LogP contribution in [0.15, 0.2) is 65.8 Å². The fourth-order valence-corrected chi connectivity index (χ4v) is 4.28. The molecule has 3 unspecified atom stereocenters. The molecule has 0 aliphatic heterocycles. The fourth-order valence-electron chi connectivity index (χ4n) is 4.28. The van der Waals surface area contributed by atoms with Crippen LogP contribution >= 0.6 is 0 Å². The van der Waals surface area contributed by atoms with Crippen molar-refractivity contribution in [2.45, 2.75) is 54.4 Å². The van der Waals surface area contributed by atoms with Crippen molar-refractivity contribution >= 4 is 5.71 Å². The van der Waals surface area contributed by atoms with Crippen LogP contribution in [-0.4, -0.2) is 5.71 Å². The SMILES string of the molecule is C/C(=C/CC1CC=CC=C1C1(C)C(C)C1C)C(=N)c1ccccc1.CC. The van der Waals surface area contributed by atoms with Gasteiger partial charge in [0.2, 0.25) is 0 Å². The molecule has 2 aliphatic rings. The first-order valence-electron chi connectivity index (χ1n) is 10.1. The molecule has 0 amide bonds. The van der Waals surface area contributed by atoms with Gasteiger partial charge >= 0.3 is 0 Å². The molecule has 1 saturated carbocycles. The monoisotopic (exact) mass is 349 g/mol. The van der Waals surface area contributed by atoms with E-state index < -0.39 is 0 Å². The van der Waals surface area contributed by atoms with E-state index in [1.165, 1.54) is 0 Å². The maximum Gasteiger partial charge on any atom is 0.0638 e. The Morgan fingerprint density at radius 3 is 2.35 bits per heavy atom. The Morgan fingerprint density at radius 1 is 1.15 bits per heavy atom. The number of hydrogen-bond donors (Lipinski definition) is 1. The summed E-state index contributed by atoms with van der Waals surface area (Å²) in [5.74, 6) is 2.15. The van der Waals surface area contributed by atoms with Gasteiger partial charge in [0.25, 0.3) is 0 Å². The summed E-state index contributed by atoms with van der Waals surface area (Å²) in [5.41, 5.74) is 4.73. The minimum Gasteiger partial charge on any atom is -0.300 e. The largest absolute Gasteiger partial charge is 0.300 e. The highest BCUT2D eigenvalue weighted by atomic mass is 14.6. The second kappa shape index (κ2) is 8.66. The molecule has 1 N–H and O–H groups in total. The first-order chi connectivity index (χ1) is 12.5. The third kappa shape index (κ3) is 3.92. The lowest BCUT2D eigenvalue weighted by atomic mass is 9.78. The van der Waals surface area contributed by atoms with E-state index in [4.69, 9.17) is 5.41 Å². The maximum atomic E-state index is 8.41. The smallest absolute Gasteiger partial charge is 0.0638 e. The number of rotatable bonds is 5. The van der Waals surface area contributed by atoms with Gasteiger partial charge in [-0.3, -0.25) is 0 Å². The second-order valence-electron chi connectivity index (χ2n) is 7.71. The van der Waals surface area contributed by atoms with E-state index in [1.807, 2.05) is 44.2 Å². The van der Waals surface area contributed by atoms with Crippen molar-refractivity contribution in [3.8, 4) is 0 Å². The average molecular weight is 350 g/mol. The molecule has 1 aromatic carbocycles. The second-order valence-corrected chi connectivity index (χ2v) is 7.71. The molecule has 2 aliphatic carbocycles. The lowest BCUT2D eigenvalue weighted by Crippen LogP contribution is -2.16.